The highest BCUT2D eigenvalue weighted by Crippen LogP contribution is 1.96. The average molecular weight is 284 g/mol. The van der Waals surface area contributed by atoms with Gasteiger partial charge in [0.25, 0.3) is 0 Å². The minimum absolute atomic E-state index is 0.0570. The van der Waals surface area contributed by atoms with Crippen LogP contribution in [0.2, 0.25) is 0 Å². The molecule has 5 nitrogen and oxygen atoms in total. The van der Waals surface area contributed by atoms with Gasteiger partial charge in [-0.1, -0.05) is 31.5 Å². The maximum absolute atomic E-state index is 10.2. The number of aliphatic hydroxyl groups excluding tert-OH is 1. The van der Waals surface area contributed by atoms with Gasteiger partial charge in [0, 0.05) is 6.61 Å². The number of carboxylic acid groups (broad SMARTS) is 1. The minimum atomic E-state index is -0.879. The number of carbonyl (C=O) groups is 1. The maximum Gasteiger partial charge on any atom is 0.335 e. The van der Waals surface area contributed by atoms with E-state index in [1.165, 1.54) is 0 Å². The van der Waals surface area contributed by atoms with E-state index in [1.54, 1.807) is 30.3 Å². The summed E-state index contributed by atoms with van der Waals surface area (Å²) in [5, 5.41) is 16.8. The second-order valence-corrected chi connectivity index (χ2v) is 4.06. The number of hydrogen-bond acceptors (Lipinski definition) is 4. The molecule has 1 aromatic rings. The molecule has 0 spiro atoms. The standard InChI is InChI=1S/C8H18O3.C7H6O2/c1-3-4-6-10-8(2)11-7-5-9;8-7(9)6-4-2-1-3-5-6/h8-9H,3-7H2,1-2H3;1-5H,(H,8,9). The summed E-state index contributed by atoms with van der Waals surface area (Å²) in [5.74, 6) is -0.879. The predicted molar refractivity (Wildman–Crippen MR) is 76.8 cm³/mol. The van der Waals surface area contributed by atoms with Gasteiger partial charge in [0.2, 0.25) is 0 Å². The van der Waals surface area contributed by atoms with Gasteiger partial charge in [-0.25, -0.2) is 4.79 Å². The molecule has 114 valence electrons. The van der Waals surface area contributed by atoms with Crippen molar-refractivity contribution in [2.45, 2.75) is 33.0 Å². The fraction of sp³-hybridized carbons (Fsp3) is 0.533. The highest BCUT2D eigenvalue weighted by molar-refractivity contribution is 5.87. The zero-order valence-electron chi connectivity index (χ0n) is 12.1. The number of carboxylic acids is 1. The molecule has 20 heavy (non-hydrogen) atoms. The van der Waals surface area contributed by atoms with Gasteiger partial charge in [0.05, 0.1) is 18.8 Å². The Labute approximate surface area is 120 Å². The van der Waals surface area contributed by atoms with Gasteiger partial charge in [0.15, 0.2) is 6.29 Å². The van der Waals surface area contributed by atoms with Crippen molar-refractivity contribution in [3.8, 4) is 0 Å². The molecule has 1 aromatic carbocycles. The lowest BCUT2D eigenvalue weighted by molar-refractivity contribution is -0.136. The van der Waals surface area contributed by atoms with Crippen LogP contribution in [0, 0.1) is 0 Å². The molecule has 0 bridgehead atoms. The first kappa shape index (κ1) is 18.6. The lowest BCUT2D eigenvalue weighted by Gasteiger charge is -2.12. The van der Waals surface area contributed by atoms with Crippen molar-refractivity contribution in [2.24, 2.45) is 0 Å². The molecule has 0 fully saturated rings. The monoisotopic (exact) mass is 284 g/mol. The van der Waals surface area contributed by atoms with Crippen LogP contribution in [0.1, 0.15) is 37.0 Å². The van der Waals surface area contributed by atoms with Crippen molar-refractivity contribution in [3.63, 3.8) is 0 Å². The zero-order valence-corrected chi connectivity index (χ0v) is 12.1. The molecule has 0 aliphatic rings. The number of benzene rings is 1. The molecule has 5 heteroatoms. The molecule has 0 amide bonds. The fourth-order valence-electron chi connectivity index (χ4n) is 1.24. The molecule has 1 rings (SSSR count). The maximum atomic E-state index is 10.2. The van der Waals surface area contributed by atoms with E-state index in [1.807, 2.05) is 6.92 Å². The van der Waals surface area contributed by atoms with E-state index in [0.29, 0.717) is 12.2 Å². The number of hydrogen-bond donors (Lipinski definition) is 2. The number of rotatable bonds is 8. The van der Waals surface area contributed by atoms with Gasteiger partial charge in [-0.05, 0) is 25.5 Å². The first-order valence-corrected chi connectivity index (χ1v) is 6.74. The summed E-state index contributed by atoms with van der Waals surface area (Å²) in [6.45, 7) is 5.10. The number of ether oxygens (including phenoxy) is 2. The lowest BCUT2D eigenvalue weighted by atomic mass is 10.2. The van der Waals surface area contributed by atoms with Crippen LogP contribution in [0.4, 0.5) is 0 Å². The Balaban J connectivity index is 0.000000367. The summed E-state index contributed by atoms with van der Waals surface area (Å²) < 4.78 is 10.3. The summed E-state index contributed by atoms with van der Waals surface area (Å²) in [5.41, 5.74) is 0.331. The van der Waals surface area contributed by atoms with Gasteiger partial charge in [0.1, 0.15) is 0 Å². The van der Waals surface area contributed by atoms with Crippen LogP contribution < -0.4 is 0 Å². The Morgan fingerprint density at radius 1 is 1.20 bits per heavy atom. The number of unbranched alkanes of at least 4 members (excludes halogenated alkanes) is 1. The number of aromatic carboxylic acids is 1. The van der Waals surface area contributed by atoms with Gasteiger partial charge in [-0.3, -0.25) is 0 Å². The van der Waals surface area contributed by atoms with Crippen LogP contribution in [0.15, 0.2) is 30.3 Å². The number of aliphatic hydroxyl groups is 1. The van der Waals surface area contributed by atoms with E-state index in [4.69, 9.17) is 19.7 Å². The second kappa shape index (κ2) is 12.6. The predicted octanol–water partition coefficient (Wildman–Crippen LogP) is 2.54. The van der Waals surface area contributed by atoms with E-state index in [0.717, 1.165) is 19.4 Å². The molecule has 0 saturated heterocycles. The normalized spacial score (nSPS) is 11.3. The molecule has 0 aliphatic carbocycles. The largest absolute Gasteiger partial charge is 0.478 e. The Morgan fingerprint density at radius 2 is 1.80 bits per heavy atom. The molecule has 0 aliphatic heterocycles. The van der Waals surface area contributed by atoms with Crippen molar-refractivity contribution in [1.82, 2.24) is 0 Å². The molecule has 0 radical (unpaired) electrons. The van der Waals surface area contributed by atoms with Crippen molar-refractivity contribution in [3.05, 3.63) is 35.9 Å². The third-order valence-corrected chi connectivity index (χ3v) is 2.32. The zero-order chi connectivity index (χ0) is 15.2. The summed E-state index contributed by atoms with van der Waals surface area (Å²) in [6.07, 6.45) is 2.01. The van der Waals surface area contributed by atoms with Crippen LogP contribution >= 0.6 is 0 Å². The molecular formula is C15H24O5. The van der Waals surface area contributed by atoms with Crippen molar-refractivity contribution in [1.29, 1.82) is 0 Å². The first-order valence-electron chi connectivity index (χ1n) is 6.74. The van der Waals surface area contributed by atoms with E-state index >= 15 is 0 Å². The van der Waals surface area contributed by atoms with Crippen LogP contribution in [-0.4, -0.2) is 42.3 Å². The summed E-state index contributed by atoms with van der Waals surface area (Å²) in [6, 6.07) is 8.30. The Bertz CT molecular complexity index is 339. The lowest BCUT2D eigenvalue weighted by Crippen LogP contribution is -2.15. The van der Waals surface area contributed by atoms with Crippen molar-refractivity contribution >= 4 is 5.97 Å². The molecule has 1 atom stereocenters. The molecular weight excluding hydrogens is 260 g/mol. The van der Waals surface area contributed by atoms with Crippen LogP contribution in [0.25, 0.3) is 0 Å². The average Bonchev–Trinajstić information content (AvgIpc) is 2.47. The molecule has 2 N–H and O–H groups in total. The first-order chi connectivity index (χ1) is 9.61. The summed E-state index contributed by atoms with van der Waals surface area (Å²) in [7, 11) is 0. The molecule has 0 heterocycles. The van der Waals surface area contributed by atoms with Gasteiger partial charge < -0.3 is 19.7 Å². The minimum Gasteiger partial charge on any atom is -0.478 e. The highest BCUT2D eigenvalue weighted by atomic mass is 16.7. The Kier molecular flexibility index (Phi) is 11.7. The summed E-state index contributed by atoms with van der Waals surface area (Å²) >= 11 is 0. The van der Waals surface area contributed by atoms with Crippen molar-refractivity contribution in [2.75, 3.05) is 19.8 Å². The van der Waals surface area contributed by atoms with Crippen LogP contribution in [0.5, 0.6) is 0 Å². The molecule has 1 unspecified atom stereocenters. The third-order valence-electron chi connectivity index (χ3n) is 2.32. The van der Waals surface area contributed by atoms with E-state index in [9.17, 15) is 4.79 Å². The third kappa shape index (κ3) is 10.5. The Morgan fingerprint density at radius 3 is 2.25 bits per heavy atom. The van der Waals surface area contributed by atoms with Gasteiger partial charge >= 0.3 is 5.97 Å². The van der Waals surface area contributed by atoms with Crippen LogP contribution in [-0.2, 0) is 9.47 Å². The Hall–Kier alpha value is -1.43. The topological polar surface area (TPSA) is 76.0 Å². The second-order valence-electron chi connectivity index (χ2n) is 4.06. The molecule has 0 aromatic heterocycles. The van der Waals surface area contributed by atoms with Gasteiger partial charge in [-0.2, -0.15) is 0 Å². The SMILES string of the molecule is CCCCOC(C)OCCO.O=C(O)c1ccccc1. The van der Waals surface area contributed by atoms with Crippen LogP contribution in [0.3, 0.4) is 0 Å². The molecule has 0 saturated carbocycles. The van der Waals surface area contributed by atoms with E-state index in [2.05, 4.69) is 6.92 Å². The van der Waals surface area contributed by atoms with E-state index < -0.39 is 5.97 Å². The highest BCUT2D eigenvalue weighted by Gasteiger charge is 1.99. The fourth-order valence-corrected chi connectivity index (χ4v) is 1.24. The quantitative estimate of drug-likeness (QED) is 0.566. The summed E-state index contributed by atoms with van der Waals surface area (Å²) in [4.78, 5) is 10.2. The van der Waals surface area contributed by atoms with E-state index in [-0.39, 0.29) is 12.9 Å². The van der Waals surface area contributed by atoms with Gasteiger partial charge in [-0.15, -0.1) is 0 Å². The smallest absolute Gasteiger partial charge is 0.335 e. The van der Waals surface area contributed by atoms with Crippen molar-refractivity contribution < 1.29 is 24.5 Å².